The summed E-state index contributed by atoms with van der Waals surface area (Å²) in [7, 11) is 0. The Morgan fingerprint density at radius 1 is 0.926 bits per heavy atom. The van der Waals surface area contributed by atoms with Crippen molar-refractivity contribution in [3.63, 3.8) is 0 Å². The van der Waals surface area contributed by atoms with Crippen molar-refractivity contribution >= 4 is 0 Å². The van der Waals surface area contributed by atoms with E-state index in [0.29, 0.717) is 6.61 Å². The van der Waals surface area contributed by atoms with Crippen LogP contribution < -0.4 is 0 Å². The predicted octanol–water partition coefficient (Wildman–Crippen LogP) is 1.05. The van der Waals surface area contributed by atoms with Crippen molar-refractivity contribution in [3.05, 3.63) is 0 Å². The van der Waals surface area contributed by atoms with Gasteiger partial charge >= 0.3 is 0 Å². The van der Waals surface area contributed by atoms with Crippen LogP contribution in [-0.2, 0) is 23.7 Å². The summed E-state index contributed by atoms with van der Waals surface area (Å²) in [4.78, 5) is 0. The molecule has 11 atom stereocenters. The molecule has 3 fully saturated rings. The smallest absolute Gasteiger partial charge is 0.184 e. The first kappa shape index (κ1) is 27.6. The van der Waals surface area contributed by atoms with Crippen LogP contribution in [0, 0.1) is 100.0 Å². The zero-order chi connectivity index (χ0) is 18.3. The van der Waals surface area contributed by atoms with Crippen LogP contribution in [-0.4, -0.2) is 72.1 Å². The van der Waals surface area contributed by atoms with Gasteiger partial charge in [0, 0.05) is 88.1 Å². The second-order valence-electron chi connectivity index (χ2n) is 7.63. The molecule has 3 aliphatic rings. The largest absolute Gasteiger partial charge is 0.388 e. The molecule has 27 heavy (non-hydrogen) atoms. The summed E-state index contributed by atoms with van der Waals surface area (Å²) in [6.07, 6.45) is -3.75. The molecule has 0 aliphatic carbocycles. The maximum absolute atomic E-state index is 10.6. The molecule has 152 valence electrons. The first-order valence-corrected chi connectivity index (χ1v) is 9.43. The van der Waals surface area contributed by atoms with Crippen molar-refractivity contribution < 1.29 is 122 Å². The molecule has 0 aromatic carbocycles. The SMILES string of the molecule is CCC1O[C@@H](O[C@@H]2C(O)[C@H](C)OC3COC(C)O[C@@H]32)C(O)[C@@H](C)[C@H]1C.[Ac].[Ac]. The van der Waals surface area contributed by atoms with Crippen LogP contribution in [0.5, 0.6) is 0 Å². The van der Waals surface area contributed by atoms with Crippen LogP contribution in [0.4, 0.5) is 0 Å². The summed E-state index contributed by atoms with van der Waals surface area (Å²) in [6, 6.07) is 0. The molecule has 0 spiro atoms. The van der Waals surface area contributed by atoms with E-state index in [9.17, 15) is 10.2 Å². The Bertz CT molecular complexity index is 455. The van der Waals surface area contributed by atoms with E-state index in [2.05, 4.69) is 13.8 Å². The number of rotatable bonds is 3. The van der Waals surface area contributed by atoms with Gasteiger partial charge in [-0.05, 0) is 32.1 Å². The van der Waals surface area contributed by atoms with Gasteiger partial charge in [-0.15, -0.1) is 0 Å². The molecular formula is C18H32Ac2O7. The number of aliphatic hydroxyl groups is 2. The molecule has 0 aromatic rings. The molecule has 7 nitrogen and oxygen atoms in total. The Hall–Kier alpha value is 2.60. The minimum Gasteiger partial charge on any atom is -0.388 e. The monoisotopic (exact) mass is 814 g/mol. The van der Waals surface area contributed by atoms with Crippen LogP contribution in [0.1, 0.15) is 41.0 Å². The van der Waals surface area contributed by atoms with Gasteiger partial charge in [-0.2, -0.15) is 0 Å². The van der Waals surface area contributed by atoms with Gasteiger partial charge in [0.05, 0.1) is 18.8 Å². The average Bonchev–Trinajstić information content (AvgIpc) is 2.59. The van der Waals surface area contributed by atoms with Gasteiger partial charge in [0.2, 0.25) is 0 Å². The third-order valence-electron chi connectivity index (χ3n) is 5.98. The van der Waals surface area contributed by atoms with Crippen LogP contribution in [0.25, 0.3) is 0 Å². The van der Waals surface area contributed by atoms with Crippen molar-refractivity contribution in [2.45, 2.75) is 96.3 Å². The van der Waals surface area contributed by atoms with Crippen molar-refractivity contribution in [2.75, 3.05) is 6.61 Å². The molecular weight excluding hydrogens is 782 g/mol. The Labute approximate surface area is 233 Å². The van der Waals surface area contributed by atoms with Gasteiger partial charge in [-0.1, -0.05) is 20.8 Å². The number of hydrogen-bond donors (Lipinski definition) is 2. The van der Waals surface area contributed by atoms with Crippen molar-refractivity contribution in [1.29, 1.82) is 0 Å². The van der Waals surface area contributed by atoms with E-state index >= 15 is 0 Å². The Kier molecular flexibility index (Phi) is 12.3. The quantitative estimate of drug-likeness (QED) is 0.441. The Morgan fingerprint density at radius 2 is 1.59 bits per heavy atom. The number of ether oxygens (including phenoxy) is 5. The summed E-state index contributed by atoms with van der Waals surface area (Å²) in [5.41, 5.74) is 0. The summed E-state index contributed by atoms with van der Waals surface area (Å²) in [6.45, 7) is 10.2. The third-order valence-corrected chi connectivity index (χ3v) is 5.98. The van der Waals surface area contributed by atoms with Crippen LogP contribution in [0.15, 0.2) is 0 Å². The topological polar surface area (TPSA) is 86.6 Å². The standard InChI is InChI=1S/C18H32O7.2Ac/c1-6-12-8(2)9(3)14(19)18(24-12)25-17-15(20)10(4)22-13-7-21-11(5)23-16(13)17;;/h8-20H,6-7H2,1-5H3;;/t8-,9+,10+,11?,12?,13?,14?,15?,16+,17-,18+;;/m1../s1. The molecule has 9 heteroatoms. The van der Waals surface area contributed by atoms with E-state index < -0.39 is 43.1 Å². The molecule has 3 saturated heterocycles. The molecule has 2 N–H and O–H groups in total. The predicted molar refractivity (Wildman–Crippen MR) is 88.8 cm³/mol. The Morgan fingerprint density at radius 3 is 2.22 bits per heavy atom. The molecule has 3 heterocycles. The number of aliphatic hydroxyl groups excluding tert-OH is 2. The maximum atomic E-state index is 10.6. The molecule has 0 aromatic heterocycles. The van der Waals surface area contributed by atoms with Crippen molar-refractivity contribution in [1.82, 2.24) is 0 Å². The van der Waals surface area contributed by atoms with Gasteiger partial charge in [0.15, 0.2) is 12.6 Å². The molecule has 5 unspecified atom stereocenters. The fourth-order valence-corrected chi connectivity index (χ4v) is 4.06. The minimum atomic E-state index is -0.864. The Balaban J connectivity index is 0.00000182. The zero-order valence-corrected chi connectivity index (χ0v) is 26.3. The van der Waals surface area contributed by atoms with E-state index in [1.165, 1.54) is 0 Å². The first-order chi connectivity index (χ1) is 11.8. The van der Waals surface area contributed by atoms with Crippen molar-refractivity contribution in [2.24, 2.45) is 11.8 Å². The summed E-state index contributed by atoms with van der Waals surface area (Å²) >= 11 is 0. The fourth-order valence-electron chi connectivity index (χ4n) is 4.06. The summed E-state index contributed by atoms with van der Waals surface area (Å²) < 4.78 is 29.2. The van der Waals surface area contributed by atoms with Crippen LogP contribution in [0.2, 0.25) is 0 Å². The van der Waals surface area contributed by atoms with E-state index in [1.54, 1.807) is 13.8 Å². The van der Waals surface area contributed by atoms with Gasteiger partial charge in [-0.25, -0.2) is 0 Å². The number of fused-ring (bicyclic) bond motifs is 1. The van der Waals surface area contributed by atoms with Crippen LogP contribution in [0.3, 0.4) is 0 Å². The average molecular weight is 814 g/mol. The van der Waals surface area contributed by atoms with Crippen molar-refractivity contribution in [3.8, 4) is 0 Å². The minimum absolute atomic E-state index is 0. The fraction of sp³-hybridized carbons (Fsp3) is 1.00. The maximum Gasteiger partial charge on any atom is 0.184 e. The summed E-state index contributed by atoms with van der Waals surface area (Å²) in [5, 5.41) is 21.2. The van der Waals surface area contributed by atoms with Gasteiger partial charge in [0.25, 0.3) is 0 Å². The summed E-state index contributed by atoms with van der Waals surface area (Å²) in [5.74, 6) is 0.286. The molecule has 3 rings (SSSR count). The molecule has 0 saturated carbocycles. The molecule has 0 amide bonds. The normalized spacial score (nSPS) is 50.1. The zero-order valence-electron chi connectivity index (χ0n) is 16.9. The third kappa shape index (κ3) is 6.10. The number of hydrogen-bond acceptors (Lipinski definition) is 7. The second kappa shape index (κ2) is 12.0. The molecule has 2 radical (unpaired) electrons. The van der Waals surface area contributed by atoms with Gasteiger partial charge in [-0.3, -0.25) is 0 Å². The molecule has 0 bridgehead atoms. The first-order valence-electron chi connectivity index (χ1n) is 9.43. The van der Waals surface area contributed by atoms with E-state index in [4.69, 9.17) is 23.7 Å². The van der Waals surface area contributed by atoms with Gasteiger partial charge in [0.1, 0.15) is 30.5 Å². The van der Waals surface area contributed by atoms with Crippen LogP contribution >= 0.6 is 0 Å². The molecule has 3 aliphatic heterocycles. The second-order valence-corrected chi connectivity index (χ2v) is 7.63. The van der Waals surface area contributed by atoms with E-state index in [-0.39, 0.29) is 112 Å². The van der Waals surface area contributed by atoms with E-state index in [0.717, 1.165) is 6.42 Å². The van der Waals surface area contributed by atoms with Gasteiger partial charge < -0.3 is 33.9 Å². The van der Waals surface area contributed by atoms with E-state index in [1.807, 2.05) is 6.92 Å².